The summed E-state index contributed by atoms with van der Waals surface area (Å²) in [7, 11) is -8.87. The van der Waals surface area contributed by atoms with E-state index in [0.717, 1.165) is 9.05 Å². The van der Waals surface area contributed by atoms with Gasteiger partial charge in [0, 0.05) is 33.6 Å². The van der Waals surface area contributed by atoms with Crippen molar-refractivity contribution in [3.63, 3.8) is 0 Å². The highest BCUT2D eigenvalue weighted by Gasteiger charge is 2.48. The van der Waals surface area contributed by atoms with Gasteiger partial charge in [0.2, 0.25) is 0 Å². The molecular formula is C32H52Cl2N8O4SSi2. The summed E-state index contributed by atoms with van der Waals surface area (Å²) >= 11 is 12.9. The molecule has 0 aromatic heterocycles. The molecule has 0 bridgehead atoms. The zero-order chi connectivity index (χ0) is 36.4. The molecule has 12 nitrogen and oxygen atoms in total. The minimum atomic E-state index is -4.46. The lowest BCUT2D eigenvalue weighted by atomic mass is 10.2. The topological polar surface area (TPSA) is 114 Å². The van der Waals surface area contributed by atoms with Crippen molar-refractivity contribution in [2.45, 2.75) is 103 Å². The number of benzene rings is 2. The Morgan fingerprint density at radius 2 is 1.00 bits per heavy atom. The van der Waals surface area contributed by atoms with Gasteiger partial charge in [-0.05, 0) is 60.5 Å². The molecule has 0 saturated carbocycles. The predicted molar refractivity (Wildman–Crippen MR) is 206 cm³/mol. The fourth-order valence-electron chi connectivity index (χ4n) is 4.74. The van der Waals surface area contributed by atoms with Crippen LogP contribution in [-0.4, -0.2) is 69.7 Å². The average molecular weight is 772 g/mol. The molecule has 2 aromatic carbocycles. The van der Waals surface area contributed by atoms with E-state index in [2.05, 4.69) is 89.0 Å². The van der Waals surface area contributed by atoms with Crippen molar-refractivity contribution in [2.24, 2.45) is 10.2 Å². The van der Waals surface area contributed by atoms with Crippen LogP contribution in [0.4, 0.5) is 11.4 Å². The zero-order valence-electron chi connectivity index (χ0n) is 30.2. The predicted octanol–water partition coefficient (Wildman–Crippen LogP) is 7.38. The second kappa shape index (κ2) is 15.2. The third-order valence-corrected chi connectivity index (χ3v) is 20.6. The highest BCUT2D eigenvalue weighted by atomic mass is 35.5. The van der Waals surface area contributed by atoms with E-state index in [-0.39, 0.29) is 34.7 Å². The summed E-state index contributed by atoms with van der Waals surface area (Å²) in [5.74, 6) is 1.28. The zero-order valence-corrected chi connectivity index (χ0v) is 34.6. The number of hydrazine groups is 4. The molecule has 272 valence electrons. The van der Waals surface area contributed by atoms with Crippen molar-refractivity contribution in [3.05, 3.63) is 60.7 Å². The van der Waals surface area contributed by atoms with Crippen LogP contribution in [0.5, 0.6) is 0 Å². The van der Waals surface area contributed by atoms with Gasteiger partial charge >= 0.3 is 10.2 Å². The third kappa shape index (κ3) is 8.81. The molecule has 2 heterocycles. The van der Waals surface area contributed by atoms with Gasteiger partial charge in [-0.15, -0.1) is 33.4 Å². The molecule has 0 amide bonds. The van der Waals surface area contributed by atoms with Crippen LogP contribution in [0.2, 0.25) is 36.3 Å². The molecule has 0 fully saturated rings. The van der Waals surface area contributed by atoms with Gasteiger partial charge in [0.1, 0.15) is 0 Å². The quantitative estimate of drug-likeness (QED) is 0.151. The lowest BCUT2D eigenvalue weighted by Crippen LogP contribution is -2.61. The summed E-state index contributed by atoms with van der Waals surface area (Å²) in [6.07, 6.45) is -0.259. The molecule has 0 aliphatic carbocycles. The molecule has 0 saturated heterocycles. The van der Waals surface area contributed by atoms with E-state index in [1.165, 1.54) is 10.0 Å². The van der Waals surface area contributed by atoms with E-state index in [4.69, 9.17) is 32.1 Å². The van der Waals surface area contributed by atoms with Gasteiger partial charge in [0.05, 0.1) is 23.6 Å². The Kier molecular flexibility index (Phi) is 12.3. The van der Waals surface area contributed by atoms with Crippen LogP contribution < -0.4 is 21.1 Å². The monoisotopic (exact) mass is 770 g/mol. The maximum Gasteiger partial charge on any atom is 0.355 e. The molecule has 0 radical (unpaired) electrons. The average Bonchev–Trinajstić information content (AvgIpc) is 3.65. The highest BCUT2D eigenvalue weighted by molar-refractivity contribution is 7.86. The number of halogens is 2. The van der Waals surface area contributed by atoms with Crippen molar-refractivity contribution in [1.82, 2.24) is 20.1 Å². The smallest absolute Gasteiger partial charge is 0.355 e. The van der Waals surface area contributed by atoms with Crippen LogP contribution in [0.1, 0.15) is 54.4 Å². The van der Waals surface area contributed by atoms with Gasteiger partial charge in [-0.2, -0.15) is 8.42 Å². The number of alkyl halides is 2. The lowest BCUT2D eigenvalue weighted by molar-refractivity contribution is 0.208. The van der Waals surface area contributed by atoms with Gasteiger partial charge in [-0.25, -0.2) is 21.1 Å². The van der Waals surface area contributed by atoms with Crippen LogP contribution in [-0.2, 0) is 19.1 Å². The molecule has 17 heteroatoms. The first-order chi connectivity index (χ1) is 22.7. The summed E-state index contributed by atoms with van der Waals surface area (Å²) in [4.78, 5) is 0. The number of para-hydroxylation sites is 2. The lowest BCUT2D eigenvalue weighted by Gasteiger charge is -2.39. The van der Waals surface area contributed by atoms with E-state index < -0.39 is 39.1 Å². The SMILES string of the molecule is CC(C)(C)[Si](C)(C)OC(CCl)CC1=NNN(S(=O)(=O)N2NN=C(CC(CCl)O[Si](C)(C)C(C)(C)C)N2c2ccccc2)N1c1ccccc1. The van der Waals surface area contributed by atoms with Crippen molar-refractivity contribution in [1.29, 1.82) is 0 Å². The normalized spacial score (nSPS) is 18.2. The van der Waals surface area contributed by atoms with E-state index in [1.54, 1.807) is 0 Å². The molecular weight excluding hydrogens is 720 g/mol. The Labute approximate surface area is 304 Å². The second-order valence-corrected chi connectivity index (χ2v) is 27.0. The van der Waals surface area contributed by atoms with Crippen molar-refractivity contribution < 1.29 is 17.3 Å². The van der Waals surface area contributed by atoms with Gasteiger partial charge in [-0.1, -0.05) is 77.9 Å². The number of nitrogens with zero attached hydrogens (tertiary/aromatic N) is 6. The number of hydrogen-bond donors (Lipinski definition) is 2. The van der Waals surface area contributed by atoms with Crippen LogP contribution in [0.3, 0.4) is 0 Å². The van der Waals surface area contributed by atoms with Gasteiger partial charge in [0.15, 0.2) is 28.3 Å². The molecule has 2 atom stereocenters. The Balaban J connectivity index is 1.67. The largest absolute Gasteiger partial charge is 0.412 e. The number of rotatable bonds is 14. The number of hydrogen-bond acceptors (Lipinski definition) is 10. The van der Waals surface area contributed by atoms with Gasteiger partial charge < -0.3 is 8.85 Å². The molecule has 2 N–H and O–H groups in total. The summed E-state index contributed by atoms with van der Waals surface area (Å²) in [6, 6.07) is 18.3. The van der Waals surface area contributed by atoms with Gasteiger partial charge in [-0.3, -0.25) is 0 Å². The molecule has 49 heavy (non-hydrogen) atoms. The molecule has 0 spiro atoms. The summed E-state index contributed by atoms with van der Waals surface area (Å²) in [5.41, 5.74) is 6.66. The summed E-state index contributed by atoms with van der Waals surface area (Å²) < 4.78 is 44.7. The van der Waals surface area contributed by atoms with Crippen LogP contribution in [0, 0.1) is 0 Å². The first-order valence-electron chi connectivity index (χ1n) is 16.4. The van der Waals surface area contributed by atoms with E-state index in [9.17, 15) is 8.42 Å². The second-order valence-electron chi connectivity index (χ2n) is 15.3. The fourth-order valence-corrected chi connectivity index (χ4v) is 9.22. The Hall–Kier alpha value is -2.22. The van der Waals surface area contributed by atoms with Crippen LogP contribution >= 0.6 is 23.2 Å². The molecule has 4 rings (SSSR count). The third-order valence-electron chi connectivity index (χ3n) is 9.52. The van der Waals surface area contributed by atoms with E-state index in [0.29, 0.717) is 23.0 Å². The number of nitrogens with one attached hydrogen (secondary N) is 2. The highest BCUT2D eigenvalue weighted by Crippen LogP contribution is 2.39. The number of hydrazone groups is 2. The van der Waals surface area contributed by atoms with Crippen LogP contribution in [0.15, 0.2) is 70.9 Å². The number of amidine groups is 2. The molecule has 2 aliphatic rings. The van der Waals surface area contributed by atoms with E-state index in [1.807, 2.05) is 60.7 Å². The first-order valence-corrected chi connectivity index (χ1v) is 24.7. The Morgan fingerprint density at radius 1 is 0.673 bits per heavy atom. The minimum absolute atomic E-state index is 0.0419. The van der Waals surface area contributed by atoms with E-state index >= 15 is 0 Å². The fraction of sp³-hybridized carbons (Fsp3) is 0.562. The summed E-state index contributed by atoms with van der Waals surface area (Å²) in [6.45, 7) is 21.6. The van der Waals surface area contributed by atoms with Gasteiger partial charge in [0.25, 0.3) is 0 Å². The van der Waals surface area contributed by atoms with Crippen molar-refractivity contribution >= 4 is 73.1 Å². The molecule has 2 unspecified atom stereocenters. The maximum atomic E-state index is 14.7. The molecule has 2 aromatic rings. The van der Waals surface area contributed by atoms with Crippen LogP contribution in [0.25, 0.3) is 0 Å². The maximum absolute atomic E-state index is 14.7. The Bertz CT molecular complexity index is 1480. The summed E-state index contributed by atoms with van der Waals surface area (Å²) in [5, 5.41) is 12.0. The van der Waals surface area contributed by atoms with Crippen molar-refractivity contribution in [2.75, 3.05) is 21.8 Å². The number of anilines is 2. The van der Waals surface area contributed by atoms with Crippen molar-refractivity contribution in [3.8, 4) is 0 Å². The standard InChI is InChI=1S/C32H52Cl2N8O4SSi2/c1-31(2,3)48(7,8)45-27(23-33)21-29-35-37-41(39(29)25-17-13-11-14-18-25)47(43,44)42-38-36-30(40(42)26-19-15-12-16-20-26)22-28(24-34)46-49(9,10)32(4,5)6/h11-20,27-28,37-38H,21-24H2,1-10H3. The first kappa shape index (κ1) is 39.6. The Morgan fingerprint density at radius 3 is 1.29 bits per heavy atom. The molecule has 2 aliphatic heterocycles. The minimum Gasteiger partial charge on any atom is -0.412 e.